The second kappa shape index (κ2) is 8.61. The zero-order valence-electron chi connectivity index (χ0n) is 15.5. The second-order valence-corrected chi connectivity index (χ2v) is 7.35. The lowest BCUT2D eigenvalue weighted by molar-refractivity contribution is 0.0977. The van der Waals surface area contributed by atoms with Gasteiger partial charge in [-0.05, 0) is 72.4 Å². The lowest BCUT2D eigenvalue weighted by atomic mass is 10.1. The minimum Gasteiger partial charge on any atom is -0.440 e. The Hall–Kier alpha value is -3.29. The van der Waals surface area contributed by atoms with Crippen LogP contribution in [0.25, 0.3) is 11.1 Å². The summed E-state index contributed by atoms with van der Waals surface area (Å²) in [4.78, 5) is 16.6. The zero-order valence-corrected chi connectivity index (χ0v) is 17.1. The number of carbonyl (C=O) groups is 1. The molecule has 0 saturated heterocycles. The average Bonchev–Trinajstić information content (AvgIpc) is 3.11. The van der Waals surface area contributed by atoms with E-state index < -0.39 is 11.7 Å². The van der Waals surface area contributed by atoms with E-state index in [9.17, 15) is 9.18 Å². The number of anilines is 1. The molecule has 0 atom stereocenters. The maximum Gasteiger partial charge on any atom is 0.257 e. The van der Waals surface area contributed by atoms with Crippen molar-refractivity contribution in [2.45, 2.75) is 6.42 Å². The van der Waals surface area contributed by atoms with E-state index in [2.05, 4.69) is 15.6 Å². The number of halogens is 2. The van der Waals surface area contributed by atoms with Gasteiger partial charge in [0.1, 0.15) is 11.3 Å². The fourth-order valence-electron chi connectivity index (χ4n) is 2.84. The molecule has 0 saturated carbocycles. The minimum atomic E-state index is -0.416. The minimum absolute atomic E-state index is 0.146. The van der Waals surface area contributed by atoms with Gasteiger partial charge in [-0.15, -0.1) is 0 Å². The smallest absolute Gasteiger partial charge is 0.257 e. The van der Waals surface area contributed by atoms with Crippen LogP contribution in [-0.4, -0.2) is 16.0 Å². The maximum absolute atomic E-state index is 13.0. The van der Waals surface area contributed by atoms with Crippen molar-refractivity contribution in [3.8, 4) is 0 Å². The highest BCUT2D eigenvalue weighted by atomic mass is 35.5. The molecule has 0 aliphatic rings. The second-order valence-electron chi connectivity index (χ2n) is 6.51. The van der Waals surface area contributed by atoms with Crippen molar-refractivity contribution in [1.82, 2.24) is 10.3 Å². The molecule has 2 N–H and O–H groups in total. The lowest BCUT2D eigenvalue weighted by Gasteiger charge is -2.10. The van der Waals surface area contributed by atoms with E-state index >= 15 is 0 Å². The van der Waals surface area contributed by atoms with Crippen molar-refractivity contribution in [2.75, 3.05) is 5.32 Å². The number of aromatic nitrogens is 1. The predicted octanol–water partition coefficient (Wildman–Crippen LogP) is 5.34. The highest BCUT2D eigenvalue weighted by molar-refractivity contribution is 7.80. The molecule has 4 aromatic rings. The summed E-state index contributed by atoms with van der Waals surface area (Å²) < 4.78 is 18.7. The SMILES string of the molecule is O=C(NC(=S)Nc1ccc(Cc2nc3cc(Cl)ccc3o2)cc1)c1ccc(F)cc1. The van der Waals surface area contributed by atoms with Crippen molar-refractivity contribution >= 4 is 51.6 Å². The number of rotatable bonds is 4. The number of thiocarbonyl (C=S) groups is 1. The van der Waals surface area contributed by atoms with E-state index in [1.54, 1.807) is 18.2 Å². The van der Waals surface area contributed by atoms with Crippen LogP contribution in [0.15, 0.2) is 71.1 Å². The summed E-state index contributed by atoms with van der Waals surface area (Å²) in [6.45, 7) is 0. The molecule has 0 aliphatic carbocycles. The van der Waals surface area contributed by atoms with Gasteiger partial charge in [0.25, 0.3) is 5.91 Å². The summed E-state index contributed by atoms with van der Waals surface area (Å²) in [6, 6.07) is 18.0. The van der Waals surface area contributed by atoms with Gasteiger partial charge >= 0.3 is 0 Å². The predicted molar refractivity (Wildman–Crippen MR) is 118 cm³/mol. The topological polar surface area (TPSA) is 67.2 Å². The molecule has 0 unspecified atom stereocenters. The Morgan fingerprint density at radius 1 is 1.07 bits per heavy atom. The Bertz CT molecular complexity index is 1220. The van der Waals surface area contributed by atoms with Crippen molar-refractivity contribution in [1.29, 1.82) is 0 Å². The van der Waals surface area contributed by atoms with Gasteiger partial charge < -0.3 is 9.73 Å². The van der Waals surface area contributed by atoms with Crippen LogP contribution in [0, 0.1) is 5.82 Å². The first-order chi connectivity index (χ1) is 14.5. The Kier molecular flexibility index (Phi) is 5.74. The molecule has 0 aliphatic heterocycles. The molecule has 4 rings (SSSR count). The third kappa shape index (κ3) is 4.82. The average molecular weight is 440 g/mol. The van der Waals surface area contributed by atoms with Gasteiger partial charge in [0.05, 0.1) is 0 Å². The van der Waals surface area contributed by atoms with Crippen LogP contribution >= 0.6 is 23.8 Å². The Labute approximate surface area is 181 Å². The first-order valence-corrected chi connectivity index (χ1v) is 9.77. The van der Waals surface area contributed by atoms with Crippen molar-refractivity contribution in [3.05, 3.63) is 94.6 Å². The van der Waals surface area contributed by atoms with Crippen LogP contribution in [0.2, 0.25) is 5.02 Å². The van der Waals surface area contributed by atoms with Gasteiger partial charge in [0.15, 0.2) is 16.6 Å². The van der Waals surface area contributed by atoms with E-state index in [1.807, 2.05) is 24.3 Å². The van der Waals surface area contributed by atoms with Crippen molar-refractivity contribution in [3.63, 3.8) is 0 Å². The summed E-state index contributed by atoms with van der Waals surface area (Å²) in [7, 11) is 0. The third-order valence-electron chi connectivity index (χ3n) is 4.29. The van der Waals surface area contributed by atoms with Gasteiger partial charge in [0.2, 0.25) is 0 Å². The van der Waals surface area contributed by atoms with Gasteiger partial charge in [0, 0.05) is 22.7 Å². The molecule has 150 valence electrons. The van der Waals surface area contributed by atoms with Crippen LogP contribution in [-0.2, 0) is 6.42 Å². The highest BCUT2D eigenvalue weighted by Crippen LogP contribution is 2.22. The van der Waals surface area contributed by atoms with Crippen molar-refractivity contribution in [2.24, 2.45) is 0 Å². The molecule has 1 amide bonds. The number of hydrogen-bond donors (Lipinski definition) is 2. The number of amides is 1. The number of benzene rings is 3. The van der Waals surface area contributed by atoms with Gasteiger partial charge in [-0.2, -0.15) is 0 Å². The Morgan fingerprint density at radius 2 is 1.80 bits per heavy atom. The summed E-state index contributed by atoms with van der Waals surface area (Å²) in [5, 5.41) is 6.26. The molecule has 1 heterocycles. The molecule has 0 radical (unpaired) electrons. The fraction of sp³-hybridized carbons (Fsp3) is 0.0455. The van der Waals surface area contributed by atoms with Crippen LogP contribution in [0.1, 0.15) is 21.8 Å². The number of nitrogens with one attached hydrogen (secondary N) is 2. The fourth-order valence-corrected chi connectivity index (χ4v) is 3.22. The first-order valence-electron chi connectivity index (χ1n) is 8.98. The molecular weight excluding hydrogens is 425 g/mol. The standard InChI is InChI=1S/C22H15ClFN3O2S/c23-15-5-10-19-18(12-15)26-20(29-19)11-13-1-8-17(9-2-13)25-22(30)27-21(28)14-3-6-16(24)7-4-14/h1-10,12H,11H2,(H2,25,27,28,30). The van der Waals surface area contributed by atoms with E-state index in [0.29, 0.717) is 34.2 Å². The van der Waals surface area contributed by atoms with Gasteiger partial charge in [-0.25, -0.2) is 9.37 Å². The molecule has 5 nitrogen and oxygen atoms in total. The quantitative estimate of drug-likeness (QED) is 0.420. The van der Waals surface area contributed by atoms with E-state index in [-0.39, 0.29) is 5.11 Å². The largest absolute Gasteiger partial charge is 0.440 e. The molecular formula is C22H15ClFN3O2S. The van der Waals surface area contributed by atoms with E-state index in [4.69, 9.17) is 28.2 Å². The molecule has 0 spiro atoms. The summed E-state index contributed by atoms with van der Waals surface area (Å²) >= 11 is 11.1. The number of fused-ring (bicyclic) bond motifs is 1. The van der Waals surface area contributed by atoms with Crippen LogP contribution in [0.5, 0.6) is 0 Å². The molecule has 8 heteroatoms. The van der Waals surface area contributed by atoms with Crippen molar-refractivity contribution < 1.29 is 13.6 Å². The highest BCUT2D eigenvalue weighted by Gasteiger charge is 2.09. The van der Waals surface area contributed by atoms with Crippen LogP contribution in [0.4, 0.5) is 10.1 Å². The number of carbonyl (C=O) groups excluding carboxylic acids is 1. The summed E-state index contributed by atoms with van der Waals surface area (Å²) in [5.41, 5.74) is 3.44. The normalized spacial score (nSPS) is 10.7. The molecule has 0 bridgehead atoms. The summed E-state index contributed by atoms with van der Waals surface area (Å²) in [6.07, 6.45) is 0.526. The molecule has 0 fully saturated rings. The van der Waals surface area contributed by atoms with Gasteiger partial charge in [-0.1, -0.05) is 23.7 Å². The Morgan fingerprint density at radius 3 is 2.53 bits per heavy atom. The molecule has 30 heavy (non-hydrogen) atoms. The summed E-state index contributed by atoms with van der Waals surface area (Å²) in [5.74, 6) is -0.232. The van der Waals surface area contributed by atoms with E-state index in [0.717, 1.165) is 11.1 Å². The third-order valence-corrected chi connectivity index (χ3v) is 4.73. The van der Waals surface area contributed by atoms with Gasteiger partial charge in [-0.3, -0.25) is 10.1 Å². The molecule has 1 aromatic heterocycles. The zero-order chi connectivity index (χ0) is 21.1. The Balaban J connectivity index is 1.36. The van der Waals surface area contributed by atoms with Crippen LogP contribution in [0.3, 0.4) is 0 Å². The lowest BCUT2D eigenvalue weighted by Crippen LogP contribution is -2.34. The molecule has 3 aromatic carbocycles. The number of nitrogens with zero attached hydrogens (tertiary/aromatic N) is 1. The first kappa shape index (κ1) is 20.0. The number of oxazole rings is 1. The van der Waals surface area contributed by atoms with E-state index in [1.165, 1.54) is 24.3 Å². The van der Waals surface area contributed by atoms with Crippen LogP contribution < -0.4 is 10.6 Å². The maximum atomic E-state index is 13.0. The number of hydrogen-bond acceptors (Lipinski definition) is 4. The monoisotopic (exact) mass is 439 g/mol.